The van der Waals surface area contributed by atoms with Crippen LogP contribution in [0.15, 0.2) is 89.4 Å². The quantitative estimate of drug-likeness (QED) is 0.311. The van der Waals surface area contributed by atoms with Gasteiger partial charge >= 0.3 is 0 Å². The molecule has 2 bridgehead atoms. The number of carbonyl (C=O) groups excluding carboxylic acids is 4. The molecule has 4 unspecified atom stereocenters. The van der Waals surface area contributed by atoms with Crippen LogP contribution in [0.1, 0.15) is 5.56 Å². The molecule has 3 aliphatic carbocycles. The predicted octanol–water partition coefficient (Wildman–Crippen LogP) is 4.52. The Morgan fingerprint density at radius 1 is 0.659 bits per heavy atom. The van der Waals surface area contributed by atoms with E-state index in [4.69, 9.17) is 9.47 Å². The molecule has 2 heterocycles. The Hall–Kier alpha value is -4.24. The van der Waals surface area contributed by atoms with Crippen molar-refractivity contribution in [3.63, 3.8) is 0 Å². The monoisotopic (exact) mass is 612 g/mol. The lowest BCUT2D eigenvalue weighted by Crippen LogP contribution is -2.60. The number of nitrogens with zero attached hydrogens (tertiary/aromatic N) is 2. The third-order valence-electron chi connectivity index (χ3n) is 9.15. The van der Waals surface area contributed by atoms with Gasteiger partial charge in [-0.05, 0) is 42.0 Å². The molecule has 0 radical (unpaired) electrons. The van der Waals surface area contributed by atoms with Crippen molar-refractivity contribution in [2.24, 2.45) is 29.6 Å². The second-order valence-corrected chi connectivity index (χ2v) is 11.7. The summed E-state index contributed by atoms with van der Waals surface area (Å²) in [5.41, 5.74) is 0.176. The van der Waals surface area contributed by atoms with Crippen molar-refractivity contribution >= 4 is 50.9 Å². The van der Waals surface area contributed by atoms with Crippen LogP contribution in [0.5, 0.6) is 11.5 Å². The molecule has 4 atom stereocenters. The van der Waals surface area contributed by atoms with Gasteiger partial charge in [0.2, 0.25) is 23.6 Å². The fourth-order valence-electron chi connectivity index (χ4n) is 7.59. The molecule has 2 aliphatic heterocycles. The average Bonchev–Trinajstić information content (AvgIpc) is 3.44. The molecule has 3 aromatic carbocycles. The van der Waals surface area contributed by atoms with Crippen LogP contribution in [0.25, 0.3) is 0 Å². The van der Waals surface area contributed by atoms with Crippen LogP contribution in [0, 0.1) is 29.6 Å². The van der Waals surface area contributed by atoms with Crippen molar-refractivity contribution in [1.29, 1.82) is 0 Å². The van der Waals surface area contributed by atoms with Gasteiger partial charge in [-0.1, -0.05) is 64.5 Å². The minimum absolute atomic E-state index is 0.350. The standard InChI is InChI=1S/C32H25BrN2O6/c1-40-22-9-5-3-7-20(22)34-28(36)24-19-15-16-32(26(24)30(34)38,17-11-13-18(33)14-12-17)27-25(19)29(37)35(31(27)39)21-8-4-6-10-23(21)41-2/h3-16,19,24-27H,1-2H3. The van der Waals surface area contributed by atoms with Crippen LogP contribution in [0.3, 0.4) is 0 Å². The summed E-state index contributed by atoms with van der Waals surface area (Å²) in [7, 11) is 2.97. The van der Waals surface area contributed by atoms with Gasteiger partial charge in [-0.2, -0.15) is 0 Å². The van der Waals surface area contributed by atoms with E-state index in [1.165, 1.54) is 24.0 Å². The summed E-state index contributed by atoms with van der Waals surface area (Å²) < 4.78 is 11.8. The van der Waals surface area contributed by atoms with Crippen molar-refractivity contribution < 1.29 is 28.7 Å². The molecule has 3 fully saturated rings. The highest BCUT2D eigenvalue weighted by Gasteiger charge is 2.75. The zero-order valence-electron chi connectivity index (χ0n) is 22.2. The third kappa shape index (κ3) is 3.26. The van der Waals surface area contributed by atoms with Crippen LogP contribution in [-0.2, 0) is 24.6 Å². The van der Waals surface area contributed by atoms with Gasteiger partial charge in [0, 0.05) is 15.8 Å². The largest absolute Gasteiger partial charge is 0.495 e. The molecular weight excluding hydrogens is 588 g/mol. The number of rotatable bonds is 5. The van der Waals surface area contributed by atoms with E-state index in [1.807, 2.05) is 36.4 Å². The molecule has 3 aromatic rings. The molecule has 5 aliphatic rings. The molecule has 0 aromatic heterocycles. The maximum atomic E-state index is 14.5. The zero-order chi connectivity index (χ0) is 28.6. The topological polar surface area (TPSA) is 93.2 Å². The smallest absolute Gasteiger partial charge is 0.239 e. The highest BCUT2D eigenvalue weighted by Crippen LogP contribution is 2.65. The van der Waals surface area contributed by atoms with Gasteiger partial charge in [0.05, 0.1) is 49.3 Å². The molecule has 41 heavy (non-hydrogen) atoms. The normalized spacial score (nSPS) is 29.7. The van der Waals surface area contributed by atoms with Crippen molar-refractivity contribution in [3.8, 4) is 11.5 Å². The van der Waals surface area contributed by atoms with E-state index in [9.17, 15) is 19.2 Å². The van der Waals surface area contributed by atoms with Crippen LogP contribution >= 0.6 is 15.9 Å². The molecular formula is C32H25BrN2O6. The summed E-state index contributed by atoms with van der Waals surface area (Å²) in [4.78, 5) is 59.8. The van der Waals surface area contributed by atoms with Crippen LogP contribution in [0.2, 0.25) is 0 Å². The SMILES string of the molecule is COc1ccccc1N1C(=O)C2C3C=CC(c4ccc(Br)cc4)(C2C1=O)C1C(=O)N(c2ccccc2OC)C(=O)C31. The Balaban J connectivity index is 1.44. The number of amides is 4. The molecule has 4 amide bonds. The maximum Gasteiger partial charge on any atom is 0.239 e. The summed E-state index contributed by atoms with van der Waals surface area (Å²) in [5, 5.41) is 0. The first-order chi connectivity index (χ1) is 19.8. The number of hydrogen-bond donors (Lipinski definition) is 0. The van der Waals surface area contributed by atoms with Gasteiger partial charge in [-0.15, -0.1) is 0 Å². The summed E-state index contributed by atoms with van der Waals surface area (Å²) in [6.45, 7) is 0. The predicted molar refractivity (Wildman–Crippen MR) is 153 cm³/mol. The van der Waals surface area contributed by atoms with Crippen molar-refractivity contribution in [2.45, 2.75) is 5.41 Å². The minimum atomic E-state index is -1.22. The highest BCUT2D eigenvalue weighted by atomic mass is 79.9. The summed E-state index contributed by atoms with van der Waals surface area (Å²) >= 11 is 3.48. The lowest BCUT2D eigenvalue weighted by atomic mass is 9.45. The number of benzene rings is 3. The van der Waals surface area contributed by atoms with Gasteiger partial charge < -0.3 is 9.47 Å². The summed E-state index contributed by atoms with van der Waals surface area (Å²) in [5.74, 6) is -4.86. The molecule has 2 saturated heterocycles. The number of allylic oxidation sites excluding steroid dienone is 2. The first-order valence-corrected chi connectivity index (χ1v) is 14.1. The summed E-state index contributed by atoms with van der Waals surface area (Å²) in [6.07, 6.45) is 3.77. The molecule has 8 nitrogen and oxygen atoms in total. The number of hydrogen-bond acceptors (Lipinski definition) is 6. The Morgan fingerprint density at radius 2 is 1.12 bits per heavy atom. The number of methoxy groups -OCH3 is 2. The maximum absolute atomic E-state index is 14.5. The fourth-order valence-corrected chi connectivity index (χ4v) is 7.86. The number of anilines is 2. The van der Waals surface area contributed by atoms with E-state index in [2.05, 4.69) is 15.9 Å². The molecule has 1 saturated carbocycles. The van der Waals surface area contributed by atoms with Gasteiger partial charge in [0.25, 0.3) is 0 Å². The van der Waals surface area contributed by atoms with E-state index in [1.54, 1.807) is 48.5 Å². The van der Waals surface area contributed by atoms with Crippen LogP contribution in [-0.4, -0.2) is 37.8 Å². The number of halogens is 1. The van der Waals surface area contributed by atoms with E-state index in [0.717, 1.165) is 4.47 Å². The first kappa shape index (κ1) is 25.7. The number of imide groups is 2. The molecule has 8 rings (SSSR count). The average molecular weight is 613 g/mol. The van der Waals surface area contributed by atoms with E-state index in [-0.39, 0.29) is 0 Å². The second-order valence-electron chi connectivity index (χ2n) is 10.8. The Kier molecular flexibility index (Phi) is 5.73. The van der Waals surface area contributed by atoms with Gasteiger partial charge in [0.15, 0.2) is 0 Å². The Bertz CT molecular complexity index is 1580. The minimum Gasteiger partial charge on any atom is -0.495 e. The number of carbonyl (C=O) groups is 4. The third-order valence-corrected chi connectivity index (χ3v) is 9.68. The Labute approximate surface area is 244 Å². The molecule has 9 heteroatoms. The highest BCUT2D eigenvalue weighted by molar-refractivity contribution is 9.10. The number of ether oxygens (including phenoxy) is 2. The Morgan fingerprint density at radius 3 is 1.59 bits per heavy atom. The first-order valence-electron chi connectivity index (χ1n) is 13.3. The van der Waals surface area contributed by atoms with Gasteiger partial charge in [-0.25, -0.2) is 9.80 Å². The number of para-hydroxylation sites is 4. The lowest BCUT2D eigenvalue weighted by Gasteiger charge is -2.53. The van der Waals surface area contributed by atoms with Crippen molar-refractivity contribution in [2.75, 3.05) is 24.0 Å². The molecule has 0 spiro atoms. The van der Waals surface area contributed by atoms with E-state index < -0.39 is 58.6 Å². The lowest BCUT2D eigenvalue weighted by molar-refractivity contribution is -0.140. The van der Waals surface area contributed by atoms with E-state index >= 15 is 0 Å². The summed E-state index contributed by atoms with van der Waals surface area (Å²) in [6, 6.07) is 21.2. The molecule has 206 valence electrons. The molecule has 0 N–H and O–H groups in total. The zero-order valence-corrected chi connectivity index (χ0v) is 23.8. The van der Waals surface area contributed by atoms with E-state index in [0.29, 0.717) is 28.4 Å². The van der Waals surface area contributed by atoms with Crippen molar-refractivity contribution in [3.05, 3.63) is 95.0 Å². The van der Waals surface area contributed by atoms with Crippen LogP contribution < -0.4 is 19.3 Å². The van der Waals surface area contributed by atoms with Crippen LogP contribution in [0.4, 0.5) is 11.4 Å². The van der Waals surface area contributed by atoms with Gasteiger partial charge in [0.1, 0.15) is 11.5 Å². The fraction of sp³-hybridized carbons (Fsp3) is 0.250. The van der Waals surface area contributed by atoms with Crippen molar-refractivity contribution in [1.82, 2.24) is 0 Å². The second kappa shape index (κ2) is 9.14. The van der Waals surface area contributed by atoms with Gasteiger partial charge in [-0.3, -0.25) is 19.2 Å².